The second-order valence-corrected chi connectivity index (χ2v) is 9.53. The lowest BCUT2D eigenvalue weighted by atomic mass is 9.61. The first-order valence-corrected chi connectivity index (χ1v) is 12.9. The van der Waals surface area contributed by atoms with Crippen molar-refractivity contribution in [1.82, 2.24) is 4.90 Å². The van der Waals surface area contributed by atoms with Crippen LogP contribution in [0.1, 0.15) is 52.5 Å². The minimum absolute atomic E-state index is 0.0542. The van der Waals surface area contributed by atoms with Crippen molar-refractivity contribution in [1.29, 1.82) is 0 Å². The zero-order valence-electron chi connectivity index (χ0n) is 22.8. The Balaban J connectivity index is 2.05. The first-order valence-electron chi connectivity index (χ1n) is 12.9. The van der Waals surface area contributed by atoms with Crippen LogP contribution in [0.5, 0.6) is 11.5 Å². The van der Waals surface area contributed by atoms with E-state index < -0.39 is 0 Å². The molecule has 0 amide bonds. The van der Waals surface area contributed by atoms with Gasteiger partial charge in [-0.05, 0) is 76.4 Å². The highest BCUT2D eigenvalue weighted by Gasteiger charge is 2.46. The molecule has 0 N–H and O–H groups in total. The molecule has 0 aromatic heterocycles. The number of aldehydes is 1. The van der Waals surface area contributed by atoms with Gasteiger partial charge in [0.05, 0.1) is 27.4 Å². The lowest BCUT2D eigenvalue weighted by molar-refractivity contribution is -0.109. The molecule has 0 heterocycles. The molecule has 35 heavy (non-hydrogen) atoms. The summed E-state index contributed by atoms with van der Waals surface area (Å²) in [6, 6.07) is 6.17. The van der Waals surface area contributed by atoms with Crippen LogP contribution in [0.15, 0.2) is 41.9 Å². The van der Waals surface area contributed by atoms with E-state index >= 15 is 0 Å². The molecule has 1 aliphatic rings. The highest BCUT2D eigenvalue weighted by atomic mass is 16.5. The fraction of sp³-hybridized carbons (Fsp3) is 0.621. The molecule has 0 bridgehead atoms. The summed E-state index contributed by atoms with van der Waals surface area (Å²) in [5, 5.41) is 0. The Bertz CT molecular complexity index is 838. The Morgan fingerprint density at radius 2 is 1.69 bits per heavy atom. The molecule has 2 rings (SSSR count). The molecule has 0 saturated carbocycles. The average molecular weight is 488 g/mol. The third-order valence-corrected chi connectivity index (χ3v) is 7.07. The number of nitrogens with zero attached hydrogens (tertiary/aromatic N) is 1. The number of methoxy groups -OCH3 is 2. The quantitative estimate of drug-likeness (QED) is 0.281. The standard InChI is InChI=1S/C29H45NO5/c1-8-34-26-17-23(18-27(20-26)35-9-2)11-15-30(5)14-10-13-29(22(3)4)24(12-16-31)19-25(32-6)21-28(29)33-7/h16-22,24H,8-15H2,1-7H3. The smallest absolute Gasteiger partial charge is 0.123 e. The van der Waals surface area contributed by atoms with E-state index in [9.17, 15) is 4.79 Å². The maximum absolute atomic E-state index is 11.5. The normalized spacial score (nSPS) is 19.9. The van der Waals surface area contributed by atoms with Gasteiger partial charge in [-0.2, -0.15) is 0 Å². The van der Waals surface area contributed by atoms with Crippen LogP contribution in [0.4, 0.5) is 0 Å². The lowest BCUT2D eigenvalue weighted by Crippen LogP contribution is -2.40. The summed E-state index contributed by atoms with van der Waals surface area (Å²) in [7, 11) is 5.54. The number of rotatable bonds is 16. The van der Waals surface area contributed by atoms with E-state index in [1.165, 1.54) is 5.56 Å². The third kappa shape index (κ3) is 7.50. The summed E-state index contributed by atoms with van der Waals surface area (Å²) in [4.78, 5) is 13.9. The minimum atomic E-state index is -0.225. The molecule has 0 aliphatic heterocycles. The number of carbonyl (C=O) groups is 1. The molecule has 1 aliphatic carbocycles. The van der Waals surface area contributed by atoms with E-state index in [2.05, 4.69) is 44.0 Å². The van der Waals surface area contributed by atoms with Crippen LogP contribution in [-0.2, 0) is 20.7 Å². The summed E-state index contributed by atoms with van der Waals surface area (Å²) in [6.45, 7) is 11.6. The van der Waals surface area contributed by atoms with Crippen LogP contribution in [0.2, 0.25) is 0 Å². The van der Waals surface area contributed by atoms with Crippen LogP contribution in [0.3, 0.4) is 0 Å². The van der Waals surface area contributed by atoms with Crippen molar-refractivity contribution in [2.24, 2.45) is 17.3 Å². The molecule has 0 fully saturated rings. The predicted octanol–water partition coefficient (Wildman–Crippen LogP) is 5.66. The van der Waals surface area contributed by atoms with Gasteiger partial charge in [0.2, 0.25) is 0 Å². The van der Waals surface area contributed by atoms with Crippen LogP contribution in [0, 0.1) is 17.3 Å². The molecule has 1 aromatic carbocycles. The fourth-order valence-corrected chi connectivity index (χ4v) is 5.26. The Kier molecular flexibility index (Phi) is 11.7. The van der Waals surface area contributed by atoms with Gasteiger partial charge >= 0.3 is 0 Å². The van der Waals surface area contributed by atoms with E-state index in [1.807, 2.05) is 26.0 Å². The molecule has 6 nitrogen and oxygen atoms in total. The summed E-state index contributed by atoms with van der Waals surface area (Å²) >= 11 is 0. The van der Waals surface area contributed by atoms with Gasteiger partial charge in [-0.1, -0.05) is 13.8 Å². The monoisotopic (exact) mass is 487 g/mol. The molecule has 2 unspecified atom stereocenters. The van der Waals surface area contributed by atoms with Gasteiger partial charge in [-0.25, -0.2) is 0 Å². The summed E-state index contributed by atoms with van der Waals surface area (Å²) in [6.07, 6.45) is 8.43. The highest BCUT2D eigenvalue weighted by Crippen LogP contribution is 2.51. The molecule has 1 aromatic rings. The largest absolute Gasteiger partial charge is 0.500 e. The highest BCUT2D eigenvalue weighted by molar-refractivity contribution is 5.52. The van der Waals surface area contributed by atoms with Crippen LogP contribution in [-0.4, -0.2) is 58.8 Å². The van der Waals surface area contributed by atoms with Crippen molar-refractivity contribution in [3.8, 4) is 11.5 Å². The van der Waals surface area contributed by atoms with Crippen molar-refractivity contribution in [2.75, 3.05) is 47.6 Å². The predicted molar refractivity (Wildman–Crippen MR) is 141 cm³/mol. The zero-order valence-corrected chi connectivity index (χ0v) is 22.8. The van der Waals surface area contributed by atoms with E-state index in [-0.39, 0.29) is 11.3 Å². The molecule has 0 radical (unpaired) electrons. The molecular formula is C29H45NO5. The van der Waals surface area contributed by atoms with Crippen molar-refractivity contribution < 1.29 is 23.7 Å². The van der Waals surface area contributed by atoms with Gasteiger partial charge in [0.25, 0.3) is 0 Å². The SMILES string of the molecule is CCOc1cc(CCN(C)CCCC2(C(C)C)C(OC)=CC(OC)=CC2CC=O)cc(OCC)c1. The maximum Gasteiger partial charge on any atom is 0.123 e. The number of hydrogen-bond acceptors (Lipinski definition) is 6. The van der Waals surface area contributed by atoms with Gasteiger partial charge < -0.3 is 28.6 Å². The van der Waals surface area contributed by atoms with E-state index in [0.717, 1.165) is 61.7 Å². The Morgan fingerprint density at radius 1 is 1.03 bits per heavy atom. The third-order valence-electron chi connectivity index (χ3n) is 7.07. The second kappa shape index (κ2) is 14.2. The van der Waals surface area contributed by atoms with Crippen molar-refractivity contribution >= 4 is 6.29 Å². The summed E-state index contributed by atoms with van der Waals surface area (Å²) < 4.78 is 22.8. The van der Waals surface area contributed by atoms with Gasteiger partial charge in [-0.3, -0.25) is 0 Å². The zero-order chi connectivity index (χ0) is 25.8. The molecule has 196 valence electrons. The van der Waals surface area contributed by atoms with Gasteiger partial charge in [0, 0.05) is 36.4 Å². The van der Waals surface area contributed by atoms with E-state index in [1.54, 1.807) is 14.2 Å². The van der Waals surface area contributed by atoms with Crippen LogP contribution in [0.25, 0.3) is 0 Å². The number of hydrogen-bond donors (Lipinski definition) is 0. The lowest BCUT2D eigenvalue weighted by Gasteiger charge is -2.46. The van der Waals surface area contributed by atoms with E-state index in [4.69, 9.17) is 18.9 Å². The number of likely N-dealkylation sites (N-methyl/N-ethyl adjacent to an activating group) is 1. The molecule has 0 spiro atoms. The molecule has 6 heteroatoms. The molecular weight excluding hydrogens is 442 g/mol. The van der Waals surface area contributed by atoms with Crippen molar-refractivity contribution in [3.63, 3.8) is 0 Å². The first-order chi connectivity index (χ1) is 16.8. The van der Waals surface area contributed by atoms with Crippen molar-refractivity contribution in [2.45, 2.75) is 53.4 Å². The van der Waals surface area contributed by atoms with E-state index in [0.29, 0.717) is 25.6 Å². The second-order valence-electron chi connectivity index (χ2n) is 9.53. The van der Waals surface area contributed by atoms with Gasteiger partial charge in [0.15, 0.2) is 0 Å². The first kappa shape index (κ1) is 28.8. The topological polar surface area (TPSA) is 57.2 Å². The number of benzene rings is 1. The van der Waals surface area contributed by atoms with Crippen LogP contribution < -0.4 is 9.47 Å². The molecule has 0 saturated heterocycles. The van der Waals surface area contributed by atoms with Crippen molar-refractivity contribution in [3.05, 3.63) is 47.4 Å². The fourth-order valence-electron chi connectivity index (χ4n) is 5.26. The molecule has 2 atom stereocenters. The summed E-state index contributed by atoms with van der Waals surface area (Å²) in [5.74, 6) is 3.77. The van der Waals surface area contributed by atoms with Crippen LogP contribution >= 0.6 is 0 Å². The minimum Gasteiger partial charge on any atom is -0.500 e. The Labute approximate surface area is 212 Å². The number of ether oxygens (including phenoxy) is 4. The summed E-state index contributed by atoms with van der Waals surface area (Å²) in [5.41, 5.74) is 0.988. The van der Waals surface area contributed by atoms with Gasteiger partial charge in [0.1, 0.15) is 29.3 Å². The Morgan fingerprint density at radius 3 is 2.20 bits per heavy atom. The van der Waals surface area contributed by atoms with Gasteiger partial charge in [-0.15, -0.1) is 0 Å². The average Bonchev–Trinajstić information content (AvgIpc) is 2.83. The number of allylic oxidation sites excluding steroid dienone is 3. The maximum atomic E-state index is 11.5. The Hall–Kier alpha value is -2.47. The number of carbonyl (C=O) groups excluding carboxylic acids is 1.